The van der Waals surface area contributed by atoms with E-state index >= 15 is 0 Å². The summed E-state index contributed by atoms with van der Waals surface area (Å²) in [7, 11) is 4.04. The van der Waals surface area contributed by atoms with Crippen LogP contribution in [0.2, 0.25) is 0 Å². The Balaban J connectivity index is 0. The molecule has 0 aliphatic carbocycles. The van der Waals surface area contributed by atoms with Crippen LogP contribution in [-0.4, -0.2) is 62.5 Å². The van der Waals surface area contributed by atoms with Gasteiger partial charge in [-0.3, -0.25) is 4.79 Å². The van der Waals surface area contributed by atoms with Crippen LogP contribution in [0, 0.1) is 11.8 Å². The number of rotatable bonds is 6. The minimum atomic E-state index is 0. The summed E-state index contributed by atoms with van der Waals surface area (Å²) < 4.78 is 0. The van der Waals surface area contributed by atoms with Crippen LogP contribution in [0.4, 0.5) is 0 Å². The molecule has 1 amide bonds. The number of carbonyl (C=O) groups excluding carboxylic acids is 1. The smallest absolute Gasteiger partial charge is 0.226 e. The number of halogens is 2. The van der Waals surface area contributed by atoms with Crippen LogP contribution in [0.5, 0.6) is 0 Å². The van der Waals surface area contributed by atoms with Crippen molar-refractivity contribution in [1.82, 2.24) is 15.1 Å². The van der Waals surface area contributed by atoms with E-state index in [1.165, 1.54) is 0 Å². The zero-order chi connectivity index (χ0) is 12.8. The van der Waals surface area contributed by atoms with Gasteiger partial charge in [0, 0.05) is 32.1 Å². The molecule has 2 atom stereocenters. The third-order valence-electron chi connectivity index (χ3n) is 3.64. The fourth-order valence-electron chi connectivity index (χ4n) is 2.46. The molecule has 6 heteroatoms. The number of carbonyl (C=O) groups is 1. The van der Waals surface area contributed by atoms with E-state index in [2.05, 4.69) is 24.2 Å². The van der Waals surface area contributed by atoms with Crippen molar-refractivity contribution in [1.29, 1.82) is 0 Å². The number of amides is 1. The summed E-state index contributed by atoms with van der Waals surface area (Å²) in [5.41, 5.74) is 0. The molecule has 0 radical (unpaired) electrons. The van der Waals surface area contributed by atoms with Crippen molar-refractivity contribution in [2.75, 3.05) is 46.8 Å². The first-order valence-electron chi connectivity index (χ1n) is 6.70. The van der Waals surface area contributed by atoms with E-state index in [0.29, 0.717) is 11.8 Å². The molecule has 116 valence electrons. The average molecular weight is 314 g/mol. The predicted molar refractivity (Wildman–Crippen MR) is 85.4 cm³/mol. The van der Waals surface area contributed by atoms with Gasteiger partial charge in [0.2, 0.25) is 5.91 Å². The Kier molecular flexibility index (Phi) is 12.0. The predicted octanol–water partition coefficient (Wildman–Crippen LogP) is 1.49. The van der Waals surface area contributed by atoms with E-state index in [-0.39, 0.29) is 30.7 Å². The SMILES string of the molecule is CCN(C)CC1CCN(C(=O)C(C)CNC)C1.Cl.Cl. The number of hydrogen-bond acceptors (Lipinski definition) is 3. The molecule has 1 saturated heterocycles. The molecule has 0 bridgehead atoms. The molecular formula is C13H29Cl2N3O. The van der Waals surface area contributed by atoms with Crippen LogP contribution in [-0.2, 0) is 4.79 Å². The number of nitrogens with one attached hydrogen (secondary N) is 1. The molecule has 1 rings (SSSR count). The maximum atomic E-state index is 12.1. The lowest BCUT2D eigenvalue weighted by Crippen LogP contribution is -2.37. The maximum Gasteiger partial charge on any atom is 0.226 e. The average Bonchev–Trinajstić information content (AvgIpc) is 2.76. The summed E-state index contributed by atoms with van der Waals surface area (Å²) in [6.45, 7) is 9.03. The first-order chi connectivity index (χ1) is 8.08. The molecule has 4 nitrogen and oxygen atoms in total. The van der Waals surface area contributed by atoms with E-state index in [0.717, 1.165) is 39.1 Å². The van der Waals surface area contributed by atoms with Crippen molar-refractivity contribution in [2.45, 2.75) is 20.3 Å². The first-order valence-corrected chi connectivity index (χ1v) is 6.70. The largest absolute Gasteiger partial charge is 0.342 e. The molecule has 0 spiro atoms. The zero-order valence-electron chi connectivity index (χ0n) is 12.5. The van der Waals surface area contributed by atoms with Crippen molar-refractivity contribution in [3.05, 3.63) is 0 Å². The highest BCUT2D eigenvalue weighted by Crippen LogP contribution is 2.19. The second kappa shape index (κ2) is 10.7. The van der Waals surface area contributed by atoms with E-state index < -0.39 is 0 Å². The Hall–Kier alpha value is -0.0300. The van der Waals surface area contributed by atoms with Crippen molar-refractivity contribution < 1.29 is 4.79 Å². The number of nitrogens with zero attached hydrogens (tertiary/aromatic N) is 2. The number of likely N-dealkylation sites (tertiary alicyclic amines) is 1. The van der Waals surface area contributed by atoms with Crippen molar-refractivity contribution in [2.24, 2.45) is 11.8 Å². The van der Waals surface area contributed by atoms with Gasteiger partial charge >= 0.3 is 0 Å². The lowest BCUT2D eigenvalue weighted by Gasteiger charge is -2.22. The summed E-state index contributed by atoms with van der Waals surface area (Å²) in [4.78, 5) is 16.5. The molecular weight excluding hydrogens is 285 g/mol. The van der Waals surface area contributed by atoms with Gasteiger partial charge in [0.05, 0.1) is 0 Å². The number of hydrogen-bond donors (Lipinski definition) is 1. The van der Waals surface area contributed by atoms with Gasteiger partial charge in [-0.05, 0) is 33.0 Å². The Morgan fingerprint density at radius 1 is 1.47 bits per heavy atom. The lowest BCUT2D eigenvalue weighted by molar-refractivity contribution is -0.133. The van der Waals surface area contributed by atoms with Gasteiger partial charge in [-0.1, -0.05) is 13.8 Å². The first kappa shape index (κ1) is 21.3. The summed E-state index contributed by atoms with van der Waals surface area (Å²) in [5, 5.41) is 3.07. The molecule has 0 saturated carbocycles. The van der Waals surface area contributed by atoms with Crippen LogP contribution in [0.3, 0.4) is 0 Å². The highest BCUT2D eigenvalue weighted by molar-refractivity contribution is 5.85. The Morgan fingerprint density at radius 3 is 2.63 bits per heavy atom. The lowest BCUT2D eigenvalue weighted by atomic mass is 10.1. The van der Waals surface area contributed by atoms with Gasteiger partial charge in [0.1, 0.15) is 0 Å². The summed E-state index contributed by atoms with van der Waals surface area (Å²) in [5.74, 6) is 1.06. The maximum absolute atomic E-state index is 12.1. The summed E-state index contributed by atoms with van der Waals surface area (Å²) in [6.07, 6.45) is 1.16. The van der Waals surface area contributed by atoms with E-state index in [1.54, 1.807) is 0 Å². The highest BCUT2D eigenvalue weighted by atomic mass is 35.5. The van der Waals surface area contributed by atoms with Crippen LogP contribution < -0.4 is 5.32 Å². The van der Waals surface area contributed by atoms with Crippen LogP contribution >= 0.6 is 24.8 Å². The van der Waals surface area contributed by atoms with Crippen molar-refractivity contribution >= 4 is 30.7 Å². The molecule has 0 aromatic heterocycles. The van der Waals surface area contributed by atoms with E-state index in [4.69, 9.17) is 0 Å². The Labute approximate surface area is 130 Å². The standard InChI is InChI=1S/C13H27N3O.2ClH/c1-5-15(4)9-12-6-7-16(10-12)13(17)11(2)8-14-3;;/h11-12,14H,5-10H2,1-4H3;2*1H. The van der Waals surface area contributed by atoms with Crippen molar-refractivity contribution in [3.8, 4) is 0 Å². The summed E-state index contributed by atoms with van der Waals surface area (Å²) >= 11 is 0. The van der Waals surface area contributed by atoms with Crippen LogP contribution in [0.15, 0.2) is 0 Å². The zero-order valence-corrected chi connectivity index (χ0v) is 14.1. The van der Waals surface area contributed by atoms with Crippen LogP contribution in [0.25, 0.3) is 0 Å². The Bertz CT molecular complexity index is 254. The van der Waals surface area contributed by atoms with Crippen molar-refractivity contribution in [3.63, 3.8) is 0 Å². The van der Waals surface area contributed by atoms with Gasteiger partial charge in [-0.15, -0.1) is 24.8 Å². The van der Waals surface area contributed by atoms with Crippen LogP contribution in [0.1, 0.15) is 20.3 Å². The Morgan fingerprint density at radius 2 is 2.11 bits per heavy atom. The molecule has 1 heterocycles. The molecule has 1 fully saturated rings. The van der Waals surface area contributed by atoms with E-state index in [1.807, 2.05) is 18.9 Å². The van der Waals surface area contributed by atoms with Gasteiger partial charge in [-0.2, -0.15) is 0 Å². The normalized spacial score (nSPS) is 19.8. The highest BCUT2D eigenvalue weighted by Gasteiger charge is 2.28. The third kappa shape index (κ3) is 6.80. The molecule has 0 aromatic carbocycles. The third-order valence-corrected chi connectivity index (χ3v) is 3.64. The molecule has 2 unspecified atom stereocenters. The van der Waals surface area contributed by atoms with Gasteiger partial charge in [0.15, 0.2) is 0 Å². The summed E-state index contributed by atoms with van der Waals surface area (Å²) in [6, 6.07) is 0. The quantitative estimate of drug-likeness (QED) is 0.807. The fraction of sp³-hybridized carbons (Fsp3) is 0.923. The molecule has 1 N–H and O–H groups in total. The molecule has 1 aliphatic heterocycles. The monoisotopic (exact) mass is 313 g/mol. The fourth-order valence-corrected chi connectivity index (χ4v) is 2.46. The molecule has 0 aromatic rings. The van der Waals surface area contributed by atoms with Gasteiger partial charge in [0.25, 0.3) is 0 Å². The molecule has 1 aliphatic rings. The topological polar surface area (TPSA) is 35.6 Å². The second-order valence-corrected chi connectivity index (χ2v) is 5.25. The minimum absolute atomic E-state index is 0. The van der Waals surface area contributed by atoms with Gasteiger partial charge < -0.3 is 15.1 Å². The molecule has 19 heavy (non-hydrogen) atoms. The minimum Gasteiger partial charge on any atom is -0.342 e. The second-order valence-electron chi connectivity index (χ2n) is 5.25. The van der Waals surface area contributed by atoms with E-state index in [9.17, 15) is 4.79 Å². The van der Waals surface area contributed by atoms with Gasteiger partial charge in [-0.25, -0.2) is 0 Å².